The van der Waals surface area contributed by atoms with E-state index in [1.54, 1.807) is 0 Å². The van der Waals surface area contributed by atoms with Crippen molar-refractivity contribution in [1.29, 1.82) is 0 Å². The van der Waals surface area contributed by atoms with Gasteiger partial charge in [0.25, 0.3) is 0 Å². The van der Waals surface area contributed by atoms with Crippen LogP contribution in [0.1, 0.15) is 0 Å². The number of rotatable bonds is 3. The van der Waals surface area contributed by atoms with E-state index in [0.29, 0.717) is 0 Å². The van der Waals surface area contributed by atoms with Gasteiger partial charge in [-0.25, -0.2) is 4.39 Å². The molecule has 4 rings (SSSR count). The molecular weight excluding hydrogens is 325 g/mol. The van der Waals surface area contributed by atoms with Crippen LogP contribution in [0, 0.1) is 10.6 Å². The molecule has 1 aliphatic heterocycles. The Kier molecular flexibility index (Phi) is 4.03. The van der Waals surface area contributed by atoms with Gasteiger partial charge in [-0.2, -0.15) is 4.68 Å². The van der Waals surface area contributed by atoms with E-state index < -0.39 is 0 Å². The Morgan fingerprint density at radius 1 is 1.08 bits per heavy atom. The molecule has 0 bridgehead atoms. The minimum atomic E-state index is -0.191. The van der Waals surface area contributed by atoms with Gasteiger partial charge in [0.05, 0.1) is 26.2 Å². The number of halogens is 1. The number of benzene rings is 1. The highest BCUT2D eigenvalue weighted by Crippen LogP contribution is 2.14. The van der Waals surface area contributed by atoms with Crippen molar-refractivity contribution in [2.45, 2.75) is 6.67 Å². The first-order valence-corrected chi connectivity index (χ1v) is 8.50. The third-order valence-electron chi connectivity index (χ3n) is 4.52. The third-order valence-corrected chi connectivity index (χ3v) is 4.93. The molecule has 7 heteroatoms. The summed E-state index contributed by atoms with van der Waals surface area (Å²) in [5.41, 5.74) is 1.96. The van der Waals surface area contributed by atoms with E-state index in [1.807, 2.05) is 45.6 Å². The number of hydrogen-bond acceptors (Lipinski definition) is 3. The molecule has 0 amide bonds. The maximum atomic E-state index is 13.0. The van der Waals surface area contributed by atoms with Gasteiger partial charge in [-0.1, -0.05) is 6.07 Å². The minimum absolute atomic E-state index is 0.191. The molecule has 1 N–H and O–H groups in total. The highest BCUT2D eigenvalue weighted by atomic mass is 32.1. The lowest BCUT2D eigenvalue weighted by Gasteiger charge is -2.33. The molecule has 24 heavy (non-hydrogen) atoms. The fourth-order valence-electron chi connectivity index (χ4n) is 3.17. The molecule has 1 aliphatic rings. The summed E-state index contributed by atoms with van der Waals surface area (Å²) >= 11 is 5.51. The van der Waals surface area contributed by atoms with Crippen molar-refractivity contribution < 1.29 is 9.29 Å². The average molecular weight is 344 g/mol. The summed E-state index contributed by atoms with van der Waals surface area (Å²) in [6.45, 7) is 4.68. The number of piperazine rings is 1. The Labute approximate surface area is 144 Å². The van der Waals surface area contributed by atoms with Crippen molar-refractivity contribution in [3.8, 4) is 0 Å². The molecule has 0 aliphatic carbocycles. The first-order valence-electron chi connectivity index (χ1n) is 8.09. The number of aromatic nitrogens is 3. The number of fused-ring (bicyclic) bond motifs is 1. The first-order chi connectivity index (χ1) is 11.7. The molecule has 2 aromatic heterocycles. The van der Waals surface area contributed by atoms with Gasteiger partial charge < -0.3 is 9.80 Å². The minimum Gasteiger partial charge on any atom is -0.360 e. The molecule has 0 radical (unpaired) electrons. The monoisotopic (exact) mass is 344 g/mol. The van der Waals surface area contributed by atoms with Crippen LogP contribution in [0.25, 0.3) is 5.65 Å². The van der Waals surface area contributed by atoms with Crippen molar-refractivity contribution in [3.63, 3.8) is 0 Å². The Morgan fingerprint density at radius 3 is 2.54 bits per heavy atom. The van der Waals surface area contributed by atoms with Crippen molar-refractivity contribution in [2.24, 2.45) is 0 Å². The summed E-state index contributed by atoms with van der Waals surface area (Å²) in [4.78, 5) is 3.75. The Bertz CT molecular complexity index is 893. The Morgan fingerprint density at radius 2 is 1.83 bits per heavy atom. The molecule has 1 saturated heterocycles. The lowest BCUT2D eigenvalue weighted by atomic mass is 10.2. The normalized spacial score (nSPS) is 16.0. The number of anilines is 1. The summed E-state index contributed by atoms with van der Waals surface area (Å²) in [6, 6.07) is 12.6. The molecular formula is C17H19FN5S+. The highest BCUT2D eigenvalue weighted by Gasteiger charge is 2.21. The Hall–Kier alpha value is -2.25. The summed E-state index contributed by atoms with van der Waals surface area (Å²) in [5, 5.41) is 4.59. The van der Waals surface area contributed by atoms with Gasteiger partial charge in [0, 0.05) is 11.9 Å². The fourth-order valence-corrected chi connectivity index (χ4v) is 3.43. The number of hydrogen-bond donors (Lipinski definition) is 1. The standard InChI is InChI=1S/C17H18FN5S/c18-14-4-6-15(7-5-14)21-11-9-20(10-12-21)13-23-17(24)22-8-2-1-3-16(22)19-23/h1-8H,9-13H2/p+1. The van der Waals surface area contributed by atoms with Gasteiger partial charge in [-0.15, -0.1) is 5.10 Å². The number of quaternary nitrogens is 1. The van der Waals surface area contributed by atoms with Crippen molar-refractivity contribution >= 4 is 23.6 Å². The SMILES string of the molecule is Fc1ccc(N2CC[NH+](Cn3nc4ccccn4c3=S)CC2)cc1. The summed E-state index contributed by atoms with van der Waals surface area (Å²) in [5.74, 6) is -0.191. The van der Waals surface area contributed by atoms with Gasteiger partial charge in [0.1, 0.15) is 5.82 Å². The van der Waals surface area contributed by atoms with Gasteiger partial charge in [0.2, 0.25) is 4.77 Å². The van der Waals surface area contributed by atoms with Crippen LogP contribution in [0.4, 0.5) is 10.1 Å². The number of nitrogens with one attached hydrogen (secondary N) is 1. The fraction of sp³-hybridized carbons (Fsp3) is 0.294. The van der Waals surface area contributed by atoms with E-state index in [9.17, 15) is 4.39 Å². The molecule has 1 aromatic carbocycles. The van der Waals surface area contributed by atoms with Gasteiger partial charge in [-0.05, 0) is 48.6 Å². The second-order valence-corrected chi connectivity index (χ2v) is 6.45. The zero-order valence-corrected chi connectivity index (χ0v) is 14.0. The van der Waals surface area contributed by atoms with E-state index in [2.05, 4.69) is 10.00 Å². The van der Waals surface area contributed by atoms with Crippen molar-refractivity contribution in [2.75, 3.05) is 31.1 Å². The Balaban J connectivity index is 1.43. The van der Waals surface area contributed by atoms with Crippen LogP contribution in [0.5, 0.6) is 0 Å². The first kappa shape index (κ1) is 15.3. The molecule has 0 saturated carbocycles. The van der Waals surface area contributed by atoms with E-state index in [4.69, 9.17) is 12.2 Å². The second-order valence-electron chi connectivity index (χ2n) is 6.08. The lowest BCUT2D eigenvalue weighted by molar-refractivity contribution is -0.924. The van der Waals surface area contributed by atoms with Crippen molar-refractivity contribution in [3.05, 3.63) is 59.2 Å². The molecule has 0 unspecified atom stereocenters. The highest BCUT2D eigenvalue weighted by molar-refractivity contribution is 7.71. The number of nitrogens with zero attached hydrogens (tertiary/aromatic N) is 4. The lowest BCUT2D eigenvalue weighted by Crippen LogP contribution is -3.14. The van der Waals surface area contributed by atoms with Crippen LogP contribution in [0.15, 0.2) is 48.7 Å². The predicted octanol–water partition coefficient (Wildman–Crippen LogP) is 1.37. The van der Waals surface area contributed by atoms with Crippen LogP contribution < -0.4 is 9.80 Å². The molecule has 124 valence electrons. The van der Waals surface area contributed by atoms with E-state index >= 15 is 0 Å². The van der Waals surface area contributed by atoms with Gasteiger partial charge in [0.15, 0.2) is 12.3 Å². The predicted molar refractivity (Wildman–Crippen MR) is 93.3 cm³/mol. The topological polar surface area (TPSA) is 29.9 Å². The van der Waals surface area contributed by atoms with Crippen LogP contribution in [0.3, 0.4) is 0 Å². The zero-order chi connectivity index (χ0) is 16.5. The summed E-state index contributed by atoms with van der Waals surface area (Å²) in [7, 11) is 0. The molecule has 0 spiro atoms. The van der Waals surface area contributed by atoms with E-state index in [1.165, 1.54) is 17.0 Å². The third kappa shape index (κ3) is 2.92. The second kappa shape index (κ2) is 6.33. The molecule has 0 atom stereocenters. The molecule has 1 fully saturated rings. The van der Waals surface area contributed by atoms with Gasteiger partial charge in [-0.3, -0.25) is 4.40 Å². The van der Waals surface area contributed by atoms with Gasteiger partial charge >= 0.3 is 0 Å². The molecule has 3 heterocycles. The average Bonchev–Trinajstić information content (AvgIpc) is 2.93. The maximum Gasteiger partial charge on any atom is 0.207 e. The summed E-state index contributed by atoms with van der Waals surface area (Å²) < 4.78 is 17.6. The molecule has 5 nitrogen and oxygen atoms in total. The smallest absolute Gasteiger partial charge is 0.207 e. The van der Waals surface area contributed by atoms with E-state index in [0.717, 1.165) is 49.0 Å². The maximum absolute atomic E-state index is 13.0. The number of pyridine rings is 1. The molecule has 3 aromatic rings. The van der Waals surface area contributed by atoms with Crippen LogP contribution in [-0.2, 0) is 6.67 Å². The van der Waals surface area contributed by atoms with Crippen LogP contribution >= 0.6 is 12.2 Å². The largest absolute Gasteiger partial charge is 0.360 e. The van der Waals surface area contributed by atoms with Crippen molar-refractivity contribution in [1.82, 2.24) is 14.2 Å². The quantitative estimate of drug-likeness (QED) is 0.728. The summed E-state index contributed by atoms with van der Waals surface area (Å²) in [6.07, 6.45) is 1.95. The van der Waals surface area contributed by atoms with Crippen LogP contribution in [-0.4, -0.2) is 40.4 Å². The van der Waals surface area contributed by atoms with Crippen LogP contribution in [0.2, 0.25) is 0 Å². The zero-order valence-electron chi connectivity index (χ0n) is 13.2. The van der Waals surface area contributed by atoms with E-state index in [-0.39, 0.29) is 5.82 Å².